The third kappa shape index (κ3) is 2.61. The summed E-state index contributed by atoms with van der Waals surface area (Å²) in [5, 5.41) is 4.84. The molecular weight excluding hydrogens is 246 g/mol. The minimum Gasteiger partial charge on any atom is -0.353 e. The Bertz CT molecular complexity index is 578. The number of carbonyl (C=O) groups excluding carboxylic acids is 1. The van der Waals surface area contributed by atoms with E-state index in [2.05, 4.69) is 15.3 Å². The number of carbonyl (C=O) groups is 1. The molecule has 0 bridgehead atoms. The zero-order valence-electron chi connectivity index (χ0n) is 9.80. The molecule has 0 aliphatic heterocycles. The van der Waals surface area contributed by atoms with Gasteiger partial charge in [0.15, 0.2) is 0 Å². The topological polar surface area (TPSA) is 54.9 Å². The van der Waals surface area contributed by atoms with E-state index in [0.29, 0.717) is 11.8 Å². The van der Waals surface area contributed by atoms with Crippen molar-refractivity contribution in [3.05, 3.63) is 30.6 Å². The van der Waals surface area contributed by atoms with Crippen molar-refractivity contribution in [2.75, 3.05) is 5.75 Å². The van der Waals surface area contributed by atoms with Gasteiger partial charge in [0, 0.05) is 11.4 Å². The van der Waals surface area contributed by atoms with Crippen LogP contribution in [0, 0.1) is 0 Å². The van der Waals surface area contributed by atoms with Gasteiger partial charge in [-0.25, -0.2) is 9.97 Å². The van der Waals surface area contributed by atoms with Gasteiger partial charge in [0.25, 0.3) is 0 Å². The maximum absolute atomic E-state index is 11.6. The van der Waals surface area contributed by atoms with Gasteiger partial charge in [-0.3, -0.25) is 4.79 Å². The van der Waals surface area contributed by atoms with Crippen molar-refractivity contribution in [1.82, 2.24) is 15.3 Å². The van der Waals surface area contributed by atoms with Crippen LogP contribution in [0.4, 0.5) is 0 Å². The molecule has 5 heteroatoms. The number of aromatic nitrogens is 2. The third-order valence-corrected chi connectivity index (χ3v) is 3.79. The van der Waals surface area contributed by atoms with Crippen LogP contribution in [0.3, 0.4) is 0 Å². The fourth-order valence-corrected chi connectivity index (χ4v) is 2.53. The first kappa shape index (κ1) is 11.5. The average Bonchev–Trinajstić information content (AvgIpc) is 3.20. The lowest BCUT2D eigenvalue weighted by molar-refractivity contribution is -0.118. The first-order valence-corrected chi connectivity index (χ1v) is 6.93. The van der Waals surface area contributed by atoms with Crippen LogP contribution in [0.2, 0.25) is 0 Å². The normalized spacial score (nSPS) is 14.7. The molecule has 2 aromatic rings. The maximum atomic E-state index is 11.6. The number of fused-ring (bicyclic) bond motifs is 1. The van der Waals surface area contributed by atoms with Crippen LogP contribution in [0.25, 0.3) is 10.9 Å². The number of hydrogen-bond donors (Lipinski definition) is 1. The predicted molar refractivity (Wildman–Crippen MR) is 71.4 cm³/mol. The van der Waals surface area contributed by atoms with Crippen LogP contribution in [-0.4, -0.2) is 27.7 Å². The molecule has 0 atom stereocenters. The van der Waals surface area contributed by atoms with Gasteiger partial charge >= 0.3 is 0 Å². The molecule has 1 aromatic heterocycles. The van der Waals surface area contributed by atoms with Gasteiger partial charge in [0.05, 0.1) is 11.3 Å². The molecule has 0 unspecified atom stereocenters. The van der Waals surface area contributed by atoms with E-state index in [9.17, 15) is 4.79 Å². The second-order valence-electron chi connectivity index (χ2n) is 4.33. The van der Waals surface area contributed by atoms with E-state index in [0.717, 1.165) is 28.8 Å². The van der Waals surface area contributed by atoms with Crippen LogP contribution in [-0.2, 0) is 4.79 Å². The Hall–Kier alpha value is -1.62. The van der Waals surface area contributed by atoms with Gasteiger partial charge in [0.1, 0.15) is 11.4 Å². The van der Waals surface area contributed by atoms with E-state index in [1.165, 1.54) is 11.8 Å². The lowest BCUT2D eigenvalue weighted by Crippen LogP contribution is -2.27. The minimum atomic E-state index is 0.0881. The van der Waals surface area contributed by atoms with Crippen molar-refractivity contribution >= 4 is 28.6 Å². The molecule has 3 rings (SSSR count). The van der Waals surface area contributed by atoms with E-state index in [4.69, 9.17) is 0 Å². The number of thioether (sulfide) groups is 1. The first-order chi connectivity index (χ1) is 8.83. The molecule has 1 amide bonds. The molecule has 1 saturated carbocycles. The maximum Gasteiger partial charge on any atom is 0.230 e. The molecule has 1 aromatic carbocycles. The third-order valence-electron chi connectivity index (χ3n) is 2.79. The van der Waals surface area contributed by atoms with Crippen molar-refractivity contribution in [3.8, 4) is 0 Å². The summed E-state index contributed by atoms with van der Waals surface area (Å²) >= 11 is 1.46. The van der Waals surface area contributed by atoms with E-state index < -0.39 is 0 Å². The van der Waals surface area contributed by atoms with Crippen LogP contribution in [0.15, 0.2) is 35.6 Å². The number of benzene rings is 1. The molecule has 1 N–H and O–H groups in total. The highest BCUT2D eigenvalue weighted by Gasteiger charge is 2.23. The molecule has 1 aliphatic rings. The molecular formula is C13H13N3OS. The molecule has 18 heavy (non-hydrogen) atoms. The summed E-state index contributed by atoms with van der Waals surface area (Å²) < 4.78 is 0. The standard InChI is InChI=1S/C13H13N3OS/c17-12(16-9-5-6-9)7-18-13-10-3-1-2-4-11(10)14-8-15-13/h1-4,8-9H,5-7H2,(H,16,17). The summed E-state index contributed by atoms with van der Waals surface area (Å²) in [4.78, 5) is 20.1. The summed E-state index contributed by atoms with van der Waals surface area (Å²) in [5.41, 5.74) is 0.914. The quantitative estimate of drug-likeness (QED) is 0.674. The van der Waals surface area contributed by atoms with Crippen LogP contribution in [0.1, 0.15) is 12.8 Å². The zero-order valence-corrected chi connectivity index (χ0v) is 10.6. The van der Waals surface area contributed by atoms with Crippen molar-refractivity contribution in [2.45, 2.75) is 23.9 Å². The fourth-order valence-electron chi connectivity index (χ4n) is 1.73. The Kier molecular flexibility index (Phi) is 3.15. The van der Waals surface area contributed by atoms with Gasteiger partial charge in [-0.2, -0.15) is 0 Å². The molecule has 1 fully saturated rings. The Morgan fingerprint density at radius 3 is 3.00 bits per heavy atom. The minimum absolute atomic E-state index is 0.0881. The zero-order chi connectivity index (χ0) is 12.4. The summed E-state index contributed by atoms with van der Waals surface area (Å²) in [6, 6.07) is 8.26. The van der Waals surface area contributed by atoms with Crippen molar-refractivity contribution in [2.24, 2.45) is 0 Å². The Balaban J connectivity index is 1.71. The monoisotopic (exact) mass is 259 g/mol. The van der Waals surface area contributed by atoms with E-state index in [1.54, 1.807) is 6.33 Å². The van der Waals surface area contributed by atoms with E-state index >= 15 is 0 Å². The molecule has 1 heterocycles. The number of amides is 1. The lowest BCUT2D eigenvalue weighted by Gasteiger charge is -2.05. The molecule has 0 radical (unpaired) electrons. The van der Waals surface area contributed by atoms with E-state index in [-0.39, 0.29) is 5.91 Å². The number of hydrogen-bond acceptors (Lipinski definition) is 4. The summed E-state index contributed by atoms with van der Waals surface area (Å²) in [6.07, 6.45) is 3.78. The van der Waals surface area contributed by atoms with E-state index in [1.807, 2.05) is 24.3 Å². The second kappa shape index (κ2) is 4.94. The highest BCUT2D eigenvalue weighted by atomic mass is 32.2. The molecule has 0 spiro atoms. The van der Waals surface area contributed by atoms with Crippen molar-refractivity contribution in [1.29, 1.82) is 0 Å². The first-order valence-electron chi connectivity index (χ1n) is 5.95. The molecule has 92 valence electrons. The smallest absolute Gasteiger partial charge is 0.230 e. The fraction of sp³-hybridized carbons (Fsp3) is 0.308. The summed E-state index contributed by atoms with van der Waals surface area (Å²) in [6.45, 7) is 0. The van der Waals surface area contributed by atoms with Gasteiger partial charge in [-0.05, 0) is 18.9 Å². The number of nitrogens with zero attached hydrogens (tertiary/aromatic N) is 2. The largest absolute Gasteiger partial charge is 0.353 e. The van der Waals surface area contributed by atoms with Gasteiger partial charge in [-0.15, -0.1) is 0 Å². The SMILES string of the molecule is O=C(CSc1ncnc2ccccc12)NC1CC1. The number of rotatable bonds is 4. The number of para-hydroxylation sites is 1. The molecule has 0 saturated heterocycles. The summed E-state index contributed by atoms with van der Waals surface area (Å²) in [7, 11) is 0. The Labute approximate surface area is 109 Å². The Morgan fingerprint density at radius 2 is 2.17 bits per heavy atom. The second-order valence-corrected chi connectivity index (χ2v) is 5.29. The van der Waals surface area contributed by atoms with Crippen LogP contribution < -0.4 is 5.32 Å². The van der Waals surface area contributed by atoms with Gasteiger partial charge in [0.2, 0.25) is 5.91 Å². The van der Waals surface area contributed by atoms with Crippen LogP contribution in [0.5, 0.6) is 0 Å². The summed E-state index contributed by atoms with van der Waals surface area (Å²) in [5.74, 6) is 0.502. The number of nitrogens with one attached hydrogen (secondary N) is 1. The van der Waals surface area contributed by atoms with Gasteiger partial charge < -0.3 is 5.32 Å². The highest BCUT2D eigenvalue weighted by Crippen LogP contribution is 2.24. The molecule has 1 aliphatic carbocycles. The highest BCUT2D eigenvalue weighted by molar-refractivity contribution is 8.00. The van der Waals surface area contributed by atoms with Gasteiger partial charge in [-0.1, -0.05) is 30.0 Å². The van der Waals surface area contributed by atoms with Crippen molar-refractivity contribution in [3.63, 3.8) is 0 Å². The lowest BCUT2D eigenvalue weighted by atomic mass is 10.2. The van der Waals surface area contributed by atoms with Crippen LogP contribution >= 0.6 is 11.8 Å². The Morgan fingerprint density at radius 1 is 1.33 bits per heavy atom. The van der Waals surface area contributed by atoms with Crippen molar-refractivity contribution < 1.29 is 4.79 Å². The predicted octanol–water partition coefficient (Wildman–Crippen LogP) is 2.00. The molecule has 4 nitrogen and oxygen atoms in total. The average molecular weight is 259 g/mol.